The van der Waals surface area contributed by atoms with Crippen LogP contribution >= 0.6 is 0 Å². The Morgan fingerprint density at radius 1 is 1.24 bits per heavy atom. The molecule has 0 spiro atoms. The summed E-state index contributed by atoms with van der Waals surface area (Å²) in [6, 6.07) is 9.34. The van der Waals surface area contributed by atoms with Gasteiger partial charge in [0, 0.05) is 12.1 Å². The minimum atomic E-state index is -0.267. The van der Waals surface area contributed by atoms with Crippen LogP contribution < -0.4 is 15.4 Å². The molecule has 5 nitrogen and oxygen atoms in total. The molecule has 21 heavy (non-hydrogen) atoms. The number of rotatable bonds is 7. The van der Waals surface area contributed by atoms with Crippen LogP contribution in [0.4, 0.5) is 0 Å². The van der Waals surface area contributed by atoms with Gasteiger partial charge in [-0.2, -0.15) is 5.26 Å². The number of nitriles is 1. The molecule has 1 aromatic carbocycles. The highest BCUT2D eigenvalue weighted by Crippen LogP contribution is 2.18. The highest BCUT2D eigenvalue weighted by molar-refractivity contribution is 5.81. The monoisotopic (exact) mass is 289 g/mol. The van der Waals surface area contributed by atoms with E-state index < -0.39 is 0 Å². The van der Waals surface area contributed by atoms with Crippen molar-refractivity contribution in [3.63, 3.8) is 0 Å². The first kappa shape index (κ1) is 17.0. The zero-order valence-electron chi connectivity index (χ0n) is 13.0. The van der Waals surface area contributed by atoms with Crippen molar-refractivity contribution in [1.82, 2.24) is 10.6 Å². The zero-order chi connectivity index (χ0) is 15.8. The molecule has 0 fully saturated rings. The molecule has 0 aliphatic rings. The van der Waals surface area contributed by atoms with Gasteiger partial charge in [0.05, 0.1) is 6.04 Å². The SMILES string of the molecule is CC(C)NC(=O)C(C)NC(C)c1ccc(OCC#N)cc1. The predicted octanol–water partition coefficient (Wildman–Crippen LogP) is 2.15. The van der Waals surface area contributed by atoms with Crippen molar-refractivity contribution in [1.29, 1.82) is 5.26 Å². The van der Waals surface area contributed by atoms with Crippen molar-refractivity contribution >= 4 is 5.91 Å². The van der Waals surface area contributed by atoms with Crippen LogP contribution in [0, 0.1) is 11.3 Å². The van der Waals surface area contributed by atoms with Crippen molar-refractivity contribution in [2.45, 2.75) is 45.8 Å². The minimum Gasteiger partial charge on any atom is -0.479 e. The number of carbonyl (C=O) groups excluding carboxylic acids is 1. The number of amides is 1. The maximum Gasteiger partial charge on any atom is 0.237 e. The Labute approximate surface area is 126 Å². The third-order valence-corrected chi connectivity index (χ3v) is 3.01. The quantitative estimate of drug-likeness (QED) is 0.806. The van der Waals surface area contributed by atoms with Crippen LogP contribution in [0.15, 0.2) is 24.3 Å². The van der Waals surface area contributed by atoms with Crippen molar-refractivity contribution in [3.8, 4) is 11.8 Å². The molecule has 0 aliphatic heterocycles. The number of ether oxygens (including phenoxy) is 1. The molecule has 2 atom stereocenters. The maximum absolute atomic E-state index is 11.9. The van der Waals surface area contributed by atoms with Gasteiger partial charge in [0.15, 0.2) is 6.61 Å². The van der Waals surface area contributed by atoms with Gasteiger partial charge in [-0.1, -0.05) is 12.1 Å². The second-order valence-electron chi connectivity index (χ2n) is 5.29. The second-order valence-corrected chi connectivity index (χ2v) is 5.29. The summed E-state index contributed by atoms with van der Waals surface area (Å²) in [5, 5.41) is 14.6. The Kier molecular flexibility index (Phi) is 6.70. The lowest BCUT2D eigenvalue weighted by molar-refractivity contribution is -0.123. The van der Waals surface area contributed by atoms with Gasteiger partial charge >= 0.3 is 0 Å². The fraction of sp³-hybridized carbons (Fsp3) is 0.500. The molecule has 0 radical (unpaired) electrons. The van der Waals surface area contributed by atoms with E-state index in [1.807, 2.05) is 58.0 Å². The fourth-order valence-electron chi connectivity index (χ4n) is 1.92. The van der Waals surface area contributed by atoms with E-state index in [9.17, 15) is 4.79 Å². The molecule has 0 saturated heterocycles. The smallest absolute Gasteiger partial charge is 0.237 e. The van der Waals surface area contributed by atoms with Crippen LogP contribution in [0.1, 0.15) is 39.3 Å². The molecule has 1 rings (SSSR count). The van der Waals surface area contributed by atoms with Crippen LogP contribution in [0.3, 0.4) is 0 Å². The molecular formula is C16H23N3O2. The molecule has 0 bridgehead atoms. The van der Waals surface area contributed by atoms with Gasteiger partial charge in [-0.25, -0.2) is 0 Å². The maximum atomic E-state index is 11.9. The normalized spacial score (nSPS) is 13.3. The lowest BCUT2D eigenvalue weighted by atomic mass is 10.1. The molecule has 0 saturated carbocycles. The Morgan fingerprint density at radius 3 is 2.38 bits per heavy atom. The summed E-state index contributed by atoms with van der Waals surface area (Å²) in [4.78, 5) is 11.9. The van der Waals surface area contributed by atoms with E-state index in [-0.39, 0.29) is 30.6 Å². The summed E-state index contributed by atoms with van der Waals surface area (Å²) >= 11 is 0. The minimum absolute atomic E-state index is 0.00850. The Morgan fingerprint density at radius 2 is 1.86 bits per heavy atom. The number of hydrogen-bond acceptors (Lipinski definition) is 4. The summed E-state index contributed by atoms with van der Waals surface area (Å²) in [6.07, 6.45) is 0. The summed E-state index contributed by atoms with van der Waals surface area (Å²) in [6.45, 7) is 7.77. The molecular weight excluding hydrogens is 266 g/mol. The van der Waals surface area contributed by atoms with Crippen LogP contribution in [-0.4, -0.2) is 24.6 Å². The van der Waals surface area contributed by atoms with E-state index in [2.05, 4.69) is 10.6 Å². The molecule has 0 heterocycles. The van der Waals surface area contributed by atoms with Crippen molar-refractivity contribution < 1.29 is 9.53 Å². The van der Waals surface area contributed by atoms with Crippen molar-refractivity contribution in [2.24, 2.45) is 0 Å². The molecule has 0 aliphatic carbocycles. The van der Waals surface area contributed by atoms with Gasteiger partial charge in [0.1, 0.15) is 11.8 Å². The van der Waals surface area contributed by atoms with Crippen molar-refractivity contribution in [3.05, 3.63) is 29.8 Å². The lowest BCUT2D eigenvalue weighted by Crippen LogP contribution is -2.45. The van der Waals surface area contributed by atoms with Gasteiger partial charge in [0.25, 0.3) is 0 Å². The first-order chi connectivity index (χ1) is 9.93. The predicted molar refractivity (Wildman–Crippen MR) is 81.8 cm³/mol. The standard InChI is InChI=1S/C16H23N3O2/c1-11(2)18-16(20)13(4)19-12(3)14-5-7-15(8-6-14)21-10-9-17/h5-8,11-13,19H,10H2,1-4H3,(H,18,20). The Hall–Kier alpha value is -2.06. The summed E-state index contributed by atoms with van der Waals surface area (Å²) in [5.41, 5.74) is 1.06. The summed E-state index contributed by atoms with van der Waals surface area (Å²) in [7, 11) is 0. The molecule has 2 N–H and O–H groups in total. The number of hydrogen-bond donors (Lipinski definition) is 2. The van der Waals surface area contributed by atoms with Gasteiger partial charge in [-0.15, -0.1) is 0 Å². The average Bonchev–Trinajstić information content (AvgIpc) is 2.44. The van der Waals surface area contributed by atoms with E-state index in [1.165, 1.54) is 0 Å². The fourth-order valence-corrected chi connectivity index (χ4v) is 1.92. The molecule has 2 unspecified atom stereocenters. The first-order valence-electron chi connectivity index (χ1n) is 7.10. The average molecular weight is 289 g/mol. The van der Waals surface area contributed by atoms with Crippen LogP contribution in [-0.2, 0) is 4.79 Å². The third kappa shape index (κ3) is 5.84. The van der Waals surface area contributed by atoms with Crippen LogP contribution in [0.2, 0.25) is 0 Å². The topological polar surface area (TPSA) is 74.2 Å². The van der Waals surface area contributed by atoms with Gasteiger partial charge in [0.2, 0.25) is 5.91 Å². The number of benzene rings is 1. The number of nitrogens with one attached hydrogen (secondary N) is 2. The second kappa shape index (κ2) is 8.28. The summed E-state index contributed by atoms with van der Waals surface area (Å²) < 4.78 is 5.21. The van der Waals surface area contributed by atoms with E-state index in [1.54, 1.807) is 0 Å². The largest absolute Gasteiger partial charge is 0.479 e. The zero-order valence-corrected chi connectivity index (χ0v) is 13.0. The van der Waals surface area contributed by atoms with Gasteiger partial charge in [-0.05, 0) is 45.4 Å². The molecule has 0 aromatic heterocycles. The third-order valence-electron chi connectivity index (χ3n) is 3.01. The molecule has 5 heteroatoms. The van der Waals surface area contributed by atoms with Crippen molar-refractivity contribution in [2.75, 3.05) is 6.61 Å². The summed E-state index contributed by atoms with van der Waals surface area (Å²) in [5.74, 6) is 0.656. The first-order valence-corrected chi connectivity index (χ1v) is 7.10. The van der Waals surface area contributed by atoms with Gasteiger partial charge < -0.3 is 10.1 Å². The lowest BCUT2D eigenvalue weighted by Gasteiger charge is -2.21. The Balaban J connectivity index is 2.57. The number of nitrogens with zero attached hydrogens (tertiary/aromatic N) is 1. The van der Waals surface area contributed by atoms with Crippen LogP contribution in [0.5, 0.6) is 5.75 Å². The Bertz CT molecular complexity index is 491. The van der Waals surface area contributed by atoms with Gasteiger partial charge in [-0.3, -0.25) is 10.1 Å². The van der Waals surface area contributed by atoms with E-state index in [4.69, 9.17) is 10.00 Å². The highest BCUT2D eigenvalue weighted by Gasteiger charge is 2.16. The number of carbonyl (C=O) groups is 1. The molecule has 1 amide bonds. The van der Waals surface area contributed by atoms with E-state index in [0.29, 0.717) is 5.75 Å². The molecule has 1 aromatic rings. The molecule has 114 valence electrons. The highest BCUT2D eigenvalue weighted by atomic mass is 16.5. The van der Waals surface area contributed by atoms with Crippen LogP contribution in [0.25, 0.3) is 0 Å². The van der Waals surface area contributed by atoms with E-state index in [0.717, 1.165) is 5.56 Å². The van der Waals surface area contributed by atoms with E-state index >= 15 is 0 Å².